The van der Waals surface area contributed by atoms with Crippen molar-refractivity contribution in [3.63, 3.8) is 0 Å². The molecule has 1 aromatic heterocycles. The number of aromatic nitrogens is 2. The van der Waals surface area contributed by atoms with Crippen molar-refractivity contribution in [1.82, 2.24) is 9.97 Å². The summed E-state index contributed by atoms with van der Waals surface area (Å²) in [5.41, 5.74) is 1.88. The van der Waals surface area contributed by atoms with E-state index in [-0.39, 0.29) is 6.01 Å². The number of carbonyl (C=O) groups is 1. The molecule has 0 spiro atoms. The Bertz CT molecular complexity index is 1400. The first-order valence-electron chi connectivity index (χ1n) is 12.7. The Balaban J connectivity index is 1.78. The van der Waals surface area contributed by atoms with Gasteiger partial charge in [-0.1, -0.05) is 66.7 Å². The average Bonchev–Trinajstić information content (AvgIpc) is 2.96. The molecule has 0 saturated carbocycles. The lowest BCUT2D eigenvalue weighted by molar-refractivity contribution is -0.158. The van der Waals surface area contributed by atoms with Crippen molar-refractivity contribution in [2.24, 2.45) is 0 Å². The molecule has 0 aliphatic rings. The Hall–Kier alpha value is -4.85. The van der Waals surface area contributed by atoms with Crippen LogP contribution in [0.25, 0.3) is 0 Å². The van der Waals surface area contributed by atoms with Gasteiger partial charge in [0.2, 0.25) is 11.7 Å². The van der Waals surface area contributed by atoms with Crippen molar-refractivity contribution >= 4 is 5.97 Å². The van der Waals surface area contributed by atoms with E-state index >= 15 is 0 Å². The number of benzene rings is 3. The van der Waals surface area contributed by atoms with Crippen LogP contribution in [-0.4, -0.2) is 41.4 Å². The molecule has 1 unspecified atom stereocenters. The second kappa shape index (κ2) is 12.8. The van der Waals surface area contributed by atoms with Gasteiger partial charge < -0.3 is 24.1 Å². The number of methoxy groups -OCH3 is 2. The van der Waals surface area contributed by atoms with Gasteiger partial charge in [-0.15, -0.1) is 0 Å². The molecule has 0 radical (unpaired) electrons. The smallest absolute Gasteiger partial charge is 0.350 e. The van der Waals surface area contributed by atoms with Crippen molar-refractivity contribution in [1.29, 1.82) is 0 Å². The Labute approximate surface area is 233 Å². The number of hydrogen-bond donors (Lipinski definition) is 1. The minimum atomic E-state index is -1.58. The first-order valence-corrected chi connectivity index (χ1v) is 12.7. The third kappa shape index (κ3) is 6.23. The topological polar surface area (TPSA) is 100 Å². The van der Waals surface area contributed by atoms with Gasteiger partial charge in [-0.25, -0.2) is 14.8 Å². The second-order valence-corrected chi connectivity index (χ2v) is 9.12. The third-order valence-corrected chi connectivity index (χ3v) is 6.34. The quantitative estimate of drug-likeness (QED) is 0.230. The van der Waals surface area contributed by atoms with E-state index in [9.17, 15) is 9.90 Å². The minimum Gasteiger partial charge on any atom is -0.493 e. The summed E-state index contributed by atoms with van der Waals surface area (Å²) >= 11 is 0. The number of carboxylic acids is 1. The molecule has 3 aromatic carbocycles. The van der Waals surface area contributed by atoms with E-state index in [1.807, 2.05) is 84.9 Å². The van der Waals surface area contributed by atoms with Gasteiger partial charge in [-0.05, 0) is 50.1 Å². The summed E-state index contributed by atoms with van der Waals surface area (Å²) in [6, 6.07) is 25.7. The molecule has 0 amide bonds. The molecule has 0 saturated heterocycles. The molecule has 206 valence electrons. The number of rotatable bonds is 12. The largest absolute Gasteiger partial charge is 0.493 e. The van der Waals surface area contributed by atoms with Crippen LogP contribution < -0.4 is 14.2 Å². The molecule has 1 N–H and O–H groups in total. The summed E-state index contributed by atoms with van der Waals surface area (Å²) in [7, 11) is 3.17. The first kappa shape index (κ1) is 28.2. The van der Waals surface area contributed by atoms with Crippen molar-refractivity contribution < 1.29 is 28.8 Å². The zero-order valence-corrected chi connectivity index (χ0v) is 22.9. The fraction of sp³-hybridized carbons (Fsp3) is 0.219. The highest BCUT2D eigenvalue weighted by Crippen LogP contribution is 2.39. The molecule has 8 heteroatoms. The molecular formula is C32H32N2O6. The van der Waals surface area contributed by atoms with Crippen LogP contribution in [0.5, 0.6) is 17.5 Å². The molecule has 0 fully saturated rings. The highest BCUT2D eigenvalue weighted by molar-refractivity contribution is 5.76. The summed E-state index contributed by atoms with van der Waals surface area (Å²) in [6.07, 6.45) is 2.29. The number of ether oxygens (including phenoxy) is 4. The van der Waals surface area contributed by atoms with E-state index in [0.717, 1.165) is 5.56 Å². The van der Waals surface area contributed by atoms with E-state index in [2.05, 4.69) is 9.97 Å². The summed E-state index contributed by atoms with van der Waals surface area (Å²) in [5, 5.41) is 10.6. The molecule has 4 aromatic rings. The average molecular weight is 541 g/mol. The Kier molecular flexibility index (Phi) is 9.01. The fourth-order valence-electron chi connectivity index (χ4n) is 4.55. The number of aryl methyl sites for hydroxylation is 2. The number of hydrogen-bond acceptors (Lipinski definition) is 7. The molecule has 8 nitrogen and oxygen atoms in total. The van der Waals surface area contributed by atoms with Gasteiger partial charge in [-0.3, -0.25) is 0 Å². The molecule has 4 rings (SSSR count). The summed E-state index contributed by atoms with van der Waals surface area (Å²) in [5.74, 6) is 0.0162. The maximum absolute atomic E-state index is 12.9. The van der Waals surface area contributed by atoms with Gasteiger partial charge in [0.25, 0.3) is 0 Å². The zero-order valence-electron chi connectivity index (χ0n) is 22.9. The standard InChI is InChI=1S/C32H32N2O6/c1-22-20-23(2)34-31(33-22)40-29(30(35)36)32(25-13-7-5-8-14-25,26-15-9-6-10-16-26)39-19-11-12-24-17-18-27(37-3)28(21-24)38-4/h5-11,13-21,29H,12H2,1-4H3,(H,35,36)/b19-11+. The summed E-state index contributed by atoms with van der Waals surface area (Å²) in [6.45, 7) is 3.60. The summed E-state index contributed by atoms with van der Waals surface area (Å²) < 4.78 is 23.3. The van der Waals surface area contributed by atoms with Gasteiger partial charge in [0.05, 0.1) is 20.5 Å². The van der Waals surface area contributed by atoms with Crippen LogP contribution in [0.4, 0.5) is 0 Å². The van der Waals surface area contributed by atoms with Crippen molar-refractivity contribution in [2.75, 3.05) is 14.2 Å². The van der Waals surface area contributed by atoms with Gasteiger partial charge in [0.15, 0.2) is 11.5 Å². The molecule has 0 aliphatic heterocycles. The first-order chi connectivity index (χ1) is 19.4. The van der Waals surface area contributed by atoms with Gasteiger partial charge in [0.1, 0.15) is 0 Å². The van der Waals surface area contributed by atoms with Gasteiger partial charge in [-0.2, -0.15) is 0 Å². The monoisotopic (exact) mass is 540 g/mol. The summed E-state index contributed by atoms with van der Waals surface area (Å²) in [4.78, 5) is 21.6. The fourth-order valence-corrected chi connectivity index (χ4v) is 4.55. The van der Waals surface area contributed by atoms with Crippen LogP contribution in [0, 0.1) is 13.8 Å². The van der Waals surface area contributed by atoms with E-state index in [0.29, 0.717) is 40.4 Å². The Morgan fingerprint density at radius 1 is 0.850 bits per heavy atom. The van der Waals surface area contributed by atoms with Crippen molar-refractivity contribution in [2.45, 2.75) is 32.0 Å². The highest BCUT2D eigenvalue weighted by Gasteiger charge is 2.51. The van der Waals surface area contributed by atoms with E-state index < -0.39 is 17.7 Å². The van der Waals surface area contributed by atoms with Crippen LogP contribution >= 0.6 is 0 Å². The number of carboxylic acid groups (broad SMARTS) is 1. The van der Waals surface area contributed by atoms with Crippen LogP contribution in [0.15, 0.2) is 97.3 Å². The number of allylic oxidation sites excluding steroid dienone is 1. The number of aliphatic carboxylic acids is 1. The molecule has 1 heterocycles. The van der Waals surface area contributed by atoms with Crippen LogP contribution in [-0.2, 0) is 21.6 Å². The maximum Gasteiger partial charge on any atom is 0.350 e. The lowest BCUT2D eigenvalue weighted by Crippen LogP contribution is -2.50. The molecule has 1 atom stereocenters. The Morgan fingerprint density at radius 2 is 1.43 bits per heavy atom. The Morgan fingerprint density at radius 3 is 1.95 bits per heavy atom. The van der Waals surface area contributed by atoms with Crippen LogP contribution in [0.1, 0.15) is 28.1 Å². The van der Waals surface area contributed by atoms with E-state index in [1.165, 1.54) is 6.26 Å². The number of nitrogens with zero attached hydrogens (tertiary/aromatic N) is 2. The van der Waals surface area contributed by atoms with Crippen molar-refractivity contribution in [3.8, 4) is 17.5 Å². The normalized spacial score (nSPS) is 12.1. The van der Waals surface area contributed by atoms with Crippen LogP contribution in [0.2, 0.25) is 0 Å². The predicted molar refractivity (Wildman–Crippen MR) is 151 cm³/mol. The molecule has 40 heavy (non-hydrogen) atoms. The SMILES string of the molecule is COc1ccc(C/C=C/OC(c2ccccc2)(c2ccccc2)C(Oc2nc(C)cc(C)n2)C(=O)O)cc1OC. The molecule has 0 aliphatic carbocycles. The van der Waals surface area contributed by atoms with Gasteiger partial charge in [0, 0.05) is 22.5 Å². The second-order valence-electron chi connectivity index (χ2n) is 9.12. The van der Waals surface area contributed by atoms with Gasteiger partial charge >= 0.3 is 12.0 Å². The lowest BCUT2D eigenvalue weighted by Gasteiger charge is -2.38. The molecular weight excluding hydrogens is 508 g/mol. The third-order valence-electron chi connectivity index (χ3n) is 6.34. The van der Waals surface area contributed by atoms with E-state index in [4.69, 9.17) is 18.9 Å². The van der Waals surface area contributed by atoms with Crippen LogP contribution in [0.3, 0.4) is 0 Å². The minimum absolute atomic E-state index is 0.0426. The van der Waals surface area contributed by atoms with Crippen molar-refractivity contribution in [3.05, 3.63) is 125 Å². The zero-order chi connectivity index (χ0) is 28.5. The maximum atomic E-state index is 12.9. The predicted octanol–water partition coefficient (Wildman–Crippen LogP) is 5.66. The molecule has 0 bridgehead atoms. The van der Waals surface area contributed by atoms with E-state index in [1.54, 1.807) is 34.1 Å². The lowest BCUT2D eigenvalue weighted by atomic mass is 9.81. The highest BCUT2D eigenvalue weighted by atomic mass is 16.6.